The highest BCUT2D eigenvalue weighted by Gasteiger charge is 2.25. The quantitative estimate of drug-likeness (QED) is 0.904. The van der Waals surface area contributed by atoms with Crippen LogP contribution in [0.25, 0.3) is 10.8 Å². The van der Waals surface area contributed by atoms with Crippen molar-refractivity contribution in [3.63, 3.8) is 0 Å². The van der Waals surface area contributed by atoms with E-state index in [0.29, 0.717) is 13.1 Å². The number of benzene rings is 2. The maximum absolute atomic E-state index is 9.40. The Balaban J connectivity index is 2.04. The van der Waals surface area contributed by atoms with Crippen LogP contribution in [0.15, 0.2) is 36.4 Å². The van der Waals surface area contributed by atoms with Crippen molar-refractivity contribution < 1.29 is 9.84 Å². The molecule has 2 aromatic carbocycles. The fourth-order valence-corrected chi connectivity index (χ4v) is 3.14. The molecule has 1 heterocycles. The van der Waals surface area contributed by atoms with Gasteiger partial charge in [-0.1, -0.05) is 30.3 Å². The van der Waals surface area contributed by atoms with Crippen molar-refractivity contribution in [3.8, 4) is 0 Å². The van der Waals surface area contributed by atoms with E-state index < -0.39 is 0 Å². The third-order valence-electron chi connectivity index (χ3n) is 4.08. The van der Waals surface area contributed by atoms with Crippen LogP contribution in [0.3, 0.4) is 0 Å². The Morgan fingerprint density at radius 2 is 1.95 bits per heavy atom. The first-order valence-corrected chi connectivity index (χ1v) is 7.45. The Morgan fingerprint density at radius 1 is 1.19 bits per heavy atom. The average Bonchev–Trinajstić information content (AvgIpc) is 2.53. The maximum atomic E-state index is 9.40. The van der Waals surface area contributed by atoms with Gasteiger partial charge in [0.25, 0.3) is 0 Å². The molecule has 0 aliphatic carbocycles. The van der Waals surface area contributed by atoms with Crippen molar-refractivity contribution in [2.24, 2.45) is 5.73 Å². The molecule has 2 atom stereocenters. The lowest BCUT2D eigenvalue weighted by molar-refractivity contribution is -0.0420. The van der Waals surface area contributed by atoms with Crippen LogP contribution < -0.4 is 10.6 Å². The monoisotopic (exact) mass is 286 g/mol. The van der Waals surface area contributed by atoms with Gasteiger partial charge in [0.05, 0.1) is 18.8 Å². The van der Waals surface area contributed by atoms with Crippen LogP contribution in [0.1, 0.15) is 12.5 Å². The van der Waals surface area contributed by atoms with Gasteiger partial charge in [-0.3, -0.25) is 0 Å². The van der Waals surface area contributed by atoms with Gasteiger partial charge < -0.3 is 20.5 Å². The van der Waals surface area contributed by atoms with Crippen LogP contribution in [0.2, 0.25) is 0 Å². The van der Waals surface area contributed by atoms with Crippen LogP contribution in [-0.4, -0.2) is 37.0 Å². The smallest absolute Gasteiger partial charge is 0.0984 e. The van der Waals surface area contributed by atoms with Crippen molar-refractivity contribution in [2.75, 3.05) is 24.6 Å². The number of hydrogen-bond donors (Lipinski definition) is 2. The minimum absolute atomic E-state index is 0.0552. The number of morpholine rings is 1. The molecule has 0 radical (unpaired) electrons. The summed E-state index contributed by atoms with van der Waals surface area (Å²) < 4.78 is 5.73. The number of rotatable bonds is 3. The van der Waals surface area contributed by atoms with Crippen molar-refractivity contribution in [2.45, 2.75) is 25.7 Å². The number of anilines is 1. The Hall–Kier alpha value is -1.62. The second-order valence-electron chi connectivity index (χ2n) is 5.65. The summed E-state index contributed by atoms with van der Waals surface area (Å²) in [6.45, 7) is 4.19. The minimum Gasteiger partial charge on any atom is -0.394 e. The van der Waals surface area contributed by atoms with Gasteiger partial charge in [-0.05, 0) is 23.9 Å². The molecule has 4 nitrogen and oxygen atoms in total. The number of fused-ring (bicyclic) bond motifs is 1. The second-order valence-corrected chi connectivity index (χ2v) is 5.65. The lowest BCUT2D eigenvalue weighted by atomic mass is 10.0. The first-order chi connectivity index (χ1) is 10.2. The molecule has 4 heteroatoms. The molecule has 1 aliphatic heterocycles. The van der Waals surface area contributed by atoms with E-state index in [1.165, 1.54) is 16.5 Å². The number of hydrogen-bond acceptors (Lipinski definition) is 4. The van der Waals surface area contributed by atoms with Crippen molar-refractivity contribution >= 4 is 16.5 Å². The molecular weight excluding hydrogens is 264 g/mol. The van der Waals surface area contributed by atoms with Gasteiger partial charge >= 0.3 is 0 Å². The van der Waals surface area contributed by atoms with Crippen LogP contribution >= 0.6 is 0 Å². The summed E-state index contributed by atoms with van der Waals surface area (Å²) in [5.74, 6) is 0. The molecule has 0 saturated carbocycles. The highest BCUT2D eigenvalue weighted by molar-refractivity contribution is 5.96. The zero-order chi connectivity index (χ0) is 14.8. The molecule has 1 saturated heterocycles. The van der Waals surface area contributed by atoms with E-state index in [9.17, 15) is 5.11 Å². The normalized spacial score (nSPS) is 22.7. The number of ether oxygens (including phenoxy) is 1. The standard InChI is InChI=1S/C17H22N2O2/c1-12-9-19(10-14(11-20)21-12)17-7-6-13(8-18)15-4-2-3-5-16(15)17/h2-7,12,14,20H,8-11,18H2,1H3. The predicted octanol–water partition coefficient (Wildman–Crippen LogP) is 1.88. The summed E-state index contributed by atoms with van der Waals surface area (Å²) in [4.78, 5) is 2.30. The summed E-state index contributed by atoms with van der Waals surface area (Å²) >= 11 is 0. The molecule has 21 heavy (non-hydrogen) atoms. The van der Waals surface area contributed by atoms with Crippen LogP contribution in [0.4, 0.5) is 5.69 Å². The Bertz CT molecular complexity index is 629. The topological polar surface area (TPSA) is 58.7 Å². The highest BCUT2D eigenvalue weighted by Crippen LogP contribution is 2.31. The maximum Gasteiger partial charge on any atom is 0.0984 e. The summed E-state index contributed by atoms with van der Waals surface area (Å²) in [5, 5.41) is 11.8. The second kappa shape index (κ2) is 6.02. The number of aliphatic hydroxyl groups is 1. The number of nitrogens with two attached hydrogens (primary N) is 1. The van der Waals surface area contributed by atoms with E-state index in [1.54, 1.807) is 0 Å². The van der Waals surface area contributed by atoms with E-state index in [0.717, 1.165) is 12.1 Å². The molecule has 2 aromatic rings. The molecule has 0 aromatic heterocycles. The Morgan fingerprint density at radius 3 is 2.67 bits per heavy atom. The largest absolute Gasteiger partial charge is 0.394 e. The lowest BCUT2D eigenvalue weighted by Crippen LogP contribution is -2.48. The summed E-state index contributed by atoms with van der Waals surface area (Å²) in [5.41, 5.74) is 8.20. The first kappa shape index (κ1) is 14.3. The fraction of sp³-hybridized carbons (Fsp3) is 0.412. The van der Waals surface area contributed by atoms with Gasteiger partial charge in [-0.15, -0.1) is 0 Å². The molecule has 112 valence electrons. The molecule has 0 bridgehead atoms. The van der Waals surface area contributed by atoms with Gasteiger partial charge in [0, 0.05) is 30.7 Å². The highest BCUT2D eigenvalue weighted by atomic mass is 16.5. The van der Waals surface area contributed by atoms with Crippen molar-refractivity contribution in [3.05, 3.63) is 42.0 Å². The third kappa shape index (κ3) is 2.75. The van der Waals surface area contributed by atoms with Crippen LogP contribution in [0, 0.1) is 0 Å². The number of aliphatic hydroxyl groups excluding tert-OH is 1. The molecule has 1 aliphatic rings. The summed E-state index contributed by atoms with van der Waals surface area (Å²) in [7, 11) is 0. The fourth-order valence-electron chi connectivity index (χ4n) is 3.14. The molecular formula is C17H22N2O2. The Kier molecular flexibility index (Phi) is 4.10. The summed E-state index contributed by atoms with van der Waals surface area (Å²) in [6, 6.07) is 12.6. The average molecular weight is 286 g/mol. The predicted molar refractivity (Wildman–Crippen MR) is 85.5 cm³/mol. The van der Waals surface area contributed by atoms with E-state index in [4.69, 9.17) is 10.5 Å². The van der Waals surface area contributed by atoms with Gasteiger partial charge in [-0.25, -0.2) is 0 Å². The molecule has 2 unspecified atom stereocenters. The molecule has 3 rings (SSSR count). The van der Waals surface area contributed by atoms with Crippen molar-refractivity contribution in [1.82, 2.24) is 0 Å². The van der Waals surface area contributed by atoms with Gasteiger partial charge in [0.15, 0.2) is 0 Å². The van der Waals surface area contributed by atoms with Crippen LogP contribution in [-0.2, 0) is 11.3 Å². The van der Waals surface area contributed by atoms with E-state index in [-0.39, 0.29) is 18.8 Å². The van der Waals surface area contributed by atoms with E-state index in [1.807, 2.05) is 13.0 Å². The SMILES string of the molecule is CC1CN(c2ccc(CN)c3ccccc23)CC(CO)O1. The number of nitrogens with zero attached hydrogens (tertiary/aromatic N) is 1. The molecule has 0 amide bonds. The molecule has 1 fully saturated rings. The summed E-state index contributed by atoms with van der Waals surface area (Å²) in [6.07, 6.45) is -0.00876. The minimum atomic E-state index is -0.123. The van der Waals surface area contributed by atoms with Crippen molar-refractivity contribution in [1.29, 1.82) is 0 Å². The third-order valence-corrected chi connectivity index (χ3v) is 4.08. The van der Waals surface area contributed by atoms with Gasteiger partial charge in [0.1, 0.15) is 0 Å². The lowest BCUT2D eigenvalue weighted by Gasteiger charge is -2.38. The van der Waals surface area contributed by atoms with E-state index in [2.05, 4.69) is 35.2 Å². The van der Waals surface area contributed by atoms with Gasteiger partial charge in [0.2, 0.25) is 0 Å². The zero-order valence-corrected chi connectivity index (χ0v) is 12.3. The van der Waals surface area contributed by atoms with Crippen LogP contribution in [0.5, 0.6) is 0 Å². The van der Waals surface area contributed by atoms with E-state index >= 15 is 0 Å². The Labute approximate surface area is 125 Å². The van der Waals surface area contributed by atoms with Gasteiger partial charge in [-0.2, -0.15) is 0 Å². The first-order valence-electron chi connectivity index (χ1n) is 7.45. The molecule has 0 spiro atoms. The zero-order valence-electron chi connectivity index (χ0n) is 12.3. The molecule has 3 N–H and O–H groups in total.